The maximum Gasteiger partial charge on any atom is 0.231 e. The first-order valence-electron chi connectivity index (χ1n) is 6.86. The Balaban J connectivity index is 2.17. The molecule has 0 saturated carbocycles. The second kappa shape index (κ2) is 5.89. The third kappa shape index (κ3) is 3.16. The lowest BCUT2D eigenvalue weighted by atomic mass is 9.94. The summed E-state index contributed by atoms with van der Waals surface area (Å²) in [5.41, 5.74) is 0.115. The van der Waals surface area contributed by atoms with Crippen LogP contribution in [0.5, 0.6) is 17.2 Å². The van der Waals surface area contributed by atoms with Gasteiger partial charge in [0.25, 0.3) is 0 Å². The molecule has 0 amide bonds. The highest BCUT2D eigenvalue weighted by Crippen LogP contribution is 2.38. The number of hydrogen-bond donors (Lipinski definition) is 2. The smallest absolute Gasteiger partial charge is 0.231 e. The molecule has 0 fully saturated rings. The summed E-state index contributed by atoms with van der Waals surface area (Å²) in [5.74, 6) is 2.25. The molecule has 2 rings (SSSR count). The third-order valence-electron chi connectivity index (χ3n) is 3.69. The van der Waals surface area contributed by atoms with Gasteiger partial charge in [-0.05, 0) is 26.0 Å². The van der Waals surface area contributed by atoms with Crippen LogP contribution in [-0.2, 0) is 6.54 Å². The molecule has 0 saturated heterocycles. The molecule has 112 valence electrons. The van der Waals surface area contributed by atoms with E-state index in [0.29, 0.717) is 18.0 Å². The van der Waals surface area contributed by atoms with E-state index >= 15 is 0 Å². The number of rotatable bonds is 6. The van der Waals surface area contributed by atoms with Crippen molar-refractivity contribution in [2.75, 3.05) is 20.4 Å². The van der Waals surface area contributed by atoms with Crippen molar-refractivity contribution < 1.29 is 19.3 Å². The van der Waals surface area contributed by atoms with Gasteiger partial charge in [-0.1, -0.05) is 13.8 Å². The largest absolute Gasteiger partial charge is 0.490 e. The SMILES string of the molecule is CNCc1cc2c(cc1OCC(C)(O)C(C)C)OCO2. The van der Waals surface area contributed by atoms with E-state index < -0.39 is 5.60 Å². The average Bonchev–Trinajstić information content (AvgIpc) is 2.83. The van der Waals surface area contributed by atoms with E-state index in [2.05, 4.69) is 5.32 Å². The number of aliphatic hydroxyl groups is 1. The van der Waals surface area contributed by atoms with Crippen LogP contribution in [0.25, 0.3) is 0 Å². The van der Waals surface area contributed by atoms with E-state index in [4.69, 9.17) is 14.2 Å². The van der Waals surface area contributed by atoms with Crippen LogP contribution in [0.4, 0.5) is 0 Å². The van der Waals surface area contributed by atoms with E-state index in [1.165, 1.54) is 0 Å². The summed E-state index contributed by atoms with van der Waals surface area (Å²) in [6, 6.07) is 3.74. The number of ether oxygens (including phenoxy) is 3. The minimum atomic E-state index is -0.868. The van der Waals surface area contributed by atoms with Crippen LogP contribution in [0.1, 0.15) is 26.3 Å². The fraction of sp³-hybridized carbons (Fsp3) is 0.600. The lowest BCUT2D eigenvalue weighted by Crippen LogP contribution is -2.38. The summed E-state index contributed by atoms with van der Waals surface area (Å²) in [6.45, 7) is 6.86. The lowest BCUT2D eigenvalue weighted by molar-refractivity contribution is -0.0269. The number of benzene rings is 1. The zero-order valence-corrected chi connectivity index (χ0v) is 12.5. The molecule has 1 heterocycles. The zero-order chi connectivity index (χ0) is 14.8. The van der Waals surface area contributed by atoms with Crippen LogP contribution < -0.4 is 19.5 Å². The van der Waals surface area contributed by atoms with E-state index in [0.717, 1.165) is 11.3 Å². The van der Waals surface area contributed by atoms with E-state index in [9.17, 15) is 5.11 Å². The Kier molecular flexibility index (Phi) is 4.40. The number of nitrogens with one attached hydrogen (secondary N) is 1. The standard InChI is InChI=1S/C15H23NO4/c1-10(2)15(3,17)8-18-12-6-14-13(19-9-20-14)5-11(12)7-16-4/h5-6,10,16-17H,7-9H2,1-4H3. The number of fused-ring (bicyclic) bond motifs is 1. The summed E-state index contributed by atoms with van der Waals surface area (Å²) in [7, 11) is 1.87. The monoisotopic (exact) mass is 281 g/mol. The molecule has 5 heteroatoms. The third-order valence-corrected chi connectivity index (χ3v) is 3.69. The van der Waals surface area contributed by atoms with Gasteiger partial charge in [-0.15, -0.1) is 0 Å². The minimum absolute atomic E-state index is 0.115. The van der Waals surface area contributed by atoms with Crippen LogP contribution >= 0.6 is 0 Å². The molecular weight excluding hydrogens is 258 g/mol. The van der Waals surface area contributed by atoms with Crippen molar-refractivity contribution in [1.29, 1.82) is 0 Å². The van der Waals surface area contributed by atoms with Crippen LogP contribution in [0, 0.1) is 5.92 Å². The summed E-state index contributed by atoms with van der Waals surface area (Å²) >= 11 is 0. The van der Waals surface area contributed by atoms with E-state index in [1.807, 2.05) is 33.0 Å². The Bertz CT molecular complexity index is 471. The Morgan fingerprint density at radius 3 is 2.60 bits per heavy atom. The van der Waals surface area contributed by atoms with Gasteiger partial charge in [0.1, 0.15) is 12.4 Å². The first-order valence-corrected chi connectivity index (χ1v) is 6.86. The molecule has 1 aliphatic heterocycles. The summed E-state index contributed by atoms with van der Waals surface area (Å²) < 4.78 is 16.6. The summed E-state index contributed by atoms with van der Waals surface area (Å²) in [5, 5.41) is 13.4. The van der Waals surface area contributed by atoms with Gasteiger partial charge >= 0.3 is 0 Å². The Labute approximate surface area is 119 Å². The average molecular weight is 281 g/mol. The highest BCUT2D eigenvalue weighted by molar-refractivity contribution is 5.51. The van der Waals surface area contributed by atoms with Crippen molar-refractivity contribution in [2.24, 2.45) is 5.92 Å². The van der Waals surface area contributed by atoms with Crippen molar-refractivity contribution >= 4 is 0 Å². The predicted molar refractivity (Wildman–Crippen MR) is 76.3 cm³/mol. The van der Waals surface area contributed by atoms with Gasteiger partial charge in [-0.2, -0.15) is 0 Å². The molecule has 0 bridgehead atoms. The molecule has 5 nitrogen and oxygen atoms in total. The molecule has 0 aromatic heterocycles. The fourth-order valence-corrected chi connectivity index (χ4v) is 1.82. The van der Waals surface area contributed by atoms with Gasteiger partial charge in [-0.25, -0.2) is 0 Å². The lowest BCUT2D eigenvalue weighted by Gasteiger charge is -2.28. The molecule has 1 aromatic carbocycles. The first-order chi connectivity index (χ1) is 9.44. The summed E-state index contributed by atoms with van der Waals surface area (Å²) in [6.07, 6.45) is 0. The first kappa shape index (κ1) is 14.9. The van der Waals surface area contributed by atoms with Crippen molar-refractivity contribution in [1.82, 2.24) is 5.32 Å². The van der Waals surface area contributed by atoms with Gasteiger partial charge in [0.05, 0.1) is 5.60 Å². The molecule has 0 spiro atoms. The van der Waals surface area contributed by atoms with Crippen LogP contribution in [0.3, 0.4) is 0 Å². The quantitative estimate of drug-likeness (QED) is 0.834. The van der Waals surface area contributed by atoms with Crippen molar-refractivity contribution in [2.45, 2.75) is 32.9 Å². The van der Waals surface area contributed by atoms with Crippen LogP contribution in [0.15, 0.2) is 12.1 Å². The second-order valence-corrected chi connectivity index (χ2v) is 5.64. The molecular formula is C15H23NO4. The van der Waals surface area contributed by atoms with Gasteiger partial charge in [-0.3, -0.25) is 0 Å². The zero-order valence-electron chi connectivity index (χ0n) is 12.5. The van der Waals surface area contributed by atoms with Gasteiger partial charge in [0.15, 0.2) is 11.5 Å². The van der Waals surface area contributed by atoms with E-state index in [1.54, 1.807) is 6.92 Å². The Morgan fingerprint density at radius 1 is 1.35 bits per heavy atom. The van der Waals surface area contributed by atoms with Crippen molar-refractivity contribution in [3.05, 3.63) is 17.7 Å². The second-order valence-electron chi connectivity index (χ2n) is 5.64. The maximum atomic E-state index is 10.3. The summed E-state index contributed by atoms with van der Waals surface area (Å²) in [4.78, 5) is 0. The number of hydrogen-bond acceptors (Lipinski definition) is 5. The Hall–Kier alpha value is -1.46. The maximum absolute atomic E-state index is 10.3. The predicted octanol–water partition coefficient (Wildman–Crippen LogP) is 1.92. The van der Waals surface area contributed by atoms with Gasteiger partial charge in [0.2, 0.25) is 6.79 Å². The molecule has 1 aliphatic rings. The molecule has 1 atom stereocenters. The fourth-order valence-electron chi connectivity index (χ4n) is 1.82. The van der Waals surface area contributed by atoms with Crippen molar-refractivity contribution in [3.8, 4) is 17.2 Å². The molecule has 0 aliphatic carbocycles. The molecule has 0 radical (unpaired) electrons. The molecule has 20 heavy (non-hydrogen) atoms. The van der Waals surface area contributed by atoms with Crippen LogP contribution in [0.2, 0.25) is 0 Å². The van der Waals surface area contributed by atoms with E-state index in [-0.39, 0.29) is 19.3 Å². The molecule has 1 unspecified atom stereocenters. The van der Waals surface area contributed by atoms with Gasteiger partial charge in [0, 0.05) is 18.2 Å². The molecule has 1 aromatic rings. The highest BCUT2D eigenvalue weighted by atomic mass is 16.7. The van der Waals surface area contributed by atoms with Crippen LogP contribution in [-0.4, -0.2) is 31.2 Å². The highest BCUT2D eigenvalue weighted by Gasteiger charge is 2.27. The molecule has 2 N–H and O–H groups in total. The topological polar surface area (TPSA) is 60.0 Å². The Morgan fingerprint density at radius 2 is 2.00 bits per heavy atom. The van der Waals surface area contributed by atoms with Crippen molar-refractivity contribution in [3.63, 3.8) is 0 Å². The minimum Gasteiger partial charge on any atom is -0.490 e. The van der Waals surface area contributed by atoms with Gasteiger partial charge < -0.3 is 24.6 Å². The normalized spacial score (nSPS) is 16.3.